The van der Waals surface area contributed by atoms with Crippen LogP contribution in [0.4, 0.5) is 18.9 Å². The topological polar surface area (TPSA) is 55.4 Å². The normalized spacial score (nSPS) is 12.2. The van der Waals surface area contributed by atoms with E-state index in [1.807, 2.05) is 0 Å². The standard InChI is InChI=1S/C14H14F3NO3S2/c1-9-7-13(10(2)22-9)23(19,20)18-11-5-3-4-6-12(11)21-8-14(15,16)17/h3-7,18H,8H2,1-2H3. The Morgan fingerprint density at radius 3 is 2.43 bits per heavy atom. The van der Waals surface area contributed by atoms with Gasteiger partial charge in [-0.3, -0.25) is 4.72 Å². The second-order valence-corrected chi connectivity index (χ2v) is 7.89. The quantitative estimate of drug-likeness (QED) is 0.868. The lowest BCUT2D eigenvalue weighted by Crippen LogP contribution is -2.20. The first-order valence-electron chi connectivity index (χ1n) is 6.47. The molecule has 1 aromatic carbocycles. The van der Waals surface area contributed by atoms with E-state index in [0.717, 1.165) is 4.88 Å². The van der Waals surface area contributed by atoms with Crippen LogP contribution in [-0.4, -0.2) is 21.2 Å². The number of benzene rings is 1. The molecular formula is C14H14F3NO3S2. The SMILES string of the molecule is Cc1cc(S(=O)(=O)Nc2ccccc2OCC(F)(F)F)c(C)s1. The van der Waals surface area contributed by atoms with E-state index in [4.69, 9.17) is 0 Å². The van der Waals surface area contributed by atoms with Crippen LogP contribution in [0.3, 0.4) is 0 Å². The summed E-state index contributed by atoms with van der Waals surface area (Å²) < 4.78 is 68.6. The van der Waals surface area contributed by atoms with Gasteiger partial charge in [0.2, 0.25) is 0 Å². The molecule has 0 saturated heterocycles. The summed E-state index contributed by atoms with van der Waals surface area (Å²) in [7, 11) is -3.90. The van der Waals surface area contributed by atoms with E-state index in [-0.39, 0.29) is 16.3 Å². The molecule has 0 saturated carbocycles. The van der Waals surface area contributed by atoms with E-state index in [1.54, 1.807) is 13.8 Å². The lowest BCUT2D eigenvalue weighted by atomic mass is 10.3. The molecule has 1 heterocycles. The molecule has 0 unspecified atom stereocenters. The Kier molecular flexibility index (Phi) is 4.90. The summed E-state index contributed by atoms with van der Waals surface area (Å²) in [6.07, 6.45) is -4.51. The predicted octanol–water partition coefficient (Wildman–Crippen LogP) is 4.11. The molecule has 0 aliphatic rings. The van der Waals surface area contributed by atoms with Crippen molar-refractivity contribution in [2.45, 2.75) is 24.9 Å². The number of sulfonamides is 1. The number of para-hydroxylation sites is 2. The zero-order valence-corrected chi connectivity index (χ0v) is 13.9. The number of ether oxygens (including phenoxy) is 1. The molecule has 1 N–H and O–H groups in total. The van der Waals surface area contributed by atoms with Gasteiger partial charge in [0.25, 0.3) is 10.0 Å². The Hall–Kier alpha value is -1.74. The van der Waals surface area contributed by atoms with Crippen molar-refractivity contribution in [3.8, 4) is 5.75 Å². The molecule has 23 heavy (non-hydrogen) atoms. The molecule has 0 amide bonds. The maximum absolute atomic E-state index is 12.4. The minimum atomic E-state index is -4.51. The average molecular weight is 365 g/mol. The first-order valence-corrected chi connectivity index (χ1v) is 8.77. The van der Waals surface area contributed by atoms with Crippen LogP contribution >= 0.6 is 11.3 Å². The molecule has 0 spiro atoms. The fraction of sp³-hybridized carbons (Fsp3) is 0.286. The summed E-state index contributed by atoms with van der Waals surface area (Å²) in [6.45, 7) is 1.94. The monoisotopic (exact) mass is 365 g/mol. The minimum absolute atomic E-state index is 0.0417. The van der Waals surface area contributed by atoms with Crippen molar-refractivity contribution in [1.82, 2.24) is 0 Å². The number of nitrogens with one attached hydrogen (secondary N) is 1. The number of anilines is 1. The molecule has 0 aliphatic carbocycles. The first kappa shape index (κ1) is 17.6. The Labute approximate surface area is 136 Å². The Morgan fingerprint density at radius 2 is 1.87 bits per heavy atom. The molecule has 2 aromatic rings. The van der Waals surface area contributed by atoms with Gasteiger partial charge in [-0.05, 0) is 32.0 Å². The van der Waals surface area contributed by atoms with Crippen LogP contribution < -0.4 is 9.46 Å². The van der Waals surface area contributed by atoms with Gasteiger partial charge in [-0.2, -0.15) is 13.2 Å². The van der Waals surface area contributed by atoms with Gasteiger partial charge < -0.3 is 4.74 Å². The van der Waals surface area contributed by atoms with Gasteiger partial charge in [0, 0.05) is 9.75 Å². The zero-order valence-electron chi connectivity index (χ0n) is 12.3. The van der Waals surface area contributed by atoms with Crippen molar-refractivity contribution in [3.05, 3.63) is 40.1 Å². The molecule has 1 aromatic heterocycles. The summed E-state index contributed by atoms with van der Waals surface area (Å²) in [5.74, 6) is -0.182. The molecule has 0 fully saturated rings. The van der Waals surface area contributed by atoms with Crippen LogP contribution in [0.1, 0.15) is 9.75 Å². The van der Waals surface area contributed by atoms with Crippen LogP contribution in [0.15, 0.2) is 35.2 Å². The second kappa shape index (κ2) is 6.40. The molecule has 4 nitrogen and oxygen atoms in total. The highest BCUT2D eigenvalue weighted by Gasteiger charge is 2.29. The Bertz CT molecular complexity index is 798. The van der Waals surface area contributed by atoms with Crippen LogP contribution in [0, 0.1) is 13.8 Å². The smallest absolute Gasteiger partial charge is 0.422 e. The summed E-state index contributed by atoms with van der Waals surface area (Å²) >= 11 is 1.33. The highest BCUT2D eigenvalue weighted by Crippen LogP contribution is 2.31. The summed E-state index contributed by atoms with van der Waals surface area (Å²) in [5, 5.41) is 0. The Morgan fingerprint density at radius 1 is 1.22 bits per heavy atom. The highest BCUT2D eigenvalue weighted by atomic mass is 32.2. The van der Waals surface area contributed by atoms with Gasteiger partial charge in [0.1, 0.15) is 10.6 Å². The molecule has 126 valence electrons. The fourth-order valence-corrected chi connectivity index (χ4v) is 4.54. The van der Waals surface area contributed by atoms with Crippen molar-refractivity contribution in [3.63, 3.8) is 0 Å². The maximum atomic E-state index is 12.4. The minimum Gasteiger partial charge on any atom is -0.482 e. The van der Waals surface area contributed by atoms with E-state index in [2.05, 4.69) is 9.46 Å². The van der Waals surface area contributed by atoms with Gasteiger partial charge >= 0.3 is 6.18 Å². The van der Waals surface area contributed by atoms with Crippen molar-refractivity contribution in [2.75, 3.05) is 11.3 Å². The third-order valence-electron chi connectivity index (χ3n) is 2.81. The number of hydrogen-bond acceptors (Lipinski definition) is 4. The lowest BCUT2D eigenvalue weighted by Gasteiger charge is -2.14. The maximum Gasteiger partial charge on any atom is 0.422 e. The molecule has 2 rings (SSSR count). The molecule has 9 heteroatoms. The van der Waals surface area contributed by atoms with Gasteiger partial charge in [-0.15, -0.1) is 11.3 Å². The number of thiophene rings is 1. The number of aryl methyl sites for hydroxylation is 2. The molecular weight excluding hydrogens is 351 g/mol. The van der Waals surface area contributed by atoms with Crippen LogP contribution in [-0.2, 0) is 10.0 Å². The van der Waals surface area contributed by atoms with Crippen molar-refractivity contribution in [1.29, 1.82) is 0 Å². The van der Waals surface area contributed by atoms with E-state index >= 15 is 0 Å². The van der Waals surface area contributed by atoms with Gasteiger partial charge in [-0.1, -0.05) is 12.1 Å². The second-order valence-electron chi connectivity index (χ2n) is 4.78. The van der Waals surface area contributed by atoms with E-state index in [0.29, 0.717) is 4.88 Å². The average Bonchev–Trinajstić information content (AvgIpc) is 2.76. The van der Waals surface area contributed by atoms with Crippen molar-refractivity contribution >= 4 is 27.0 Å². The number of hydrogen-bond donors (Lipinski definition) is 1. The summed E-state index contributed by atoms with van der Waals surface area (Å²) in [6, 6.07) is 7.10. The first-order chi connectivity index (χ1) is 10.6. The van der Waals surface area contributed by atoms with E-state index in [9.17, 15) is 21.6 Å². The number of alkyl halides is 3. The highest BCUT2D eigenvalue weighted by molar-refractivity contribution is 7.93. The zero-order chi connectivity index (χ0) is 17.3. The van der Waals surface area contributed by atoms with E-state index in [1.165, 1.54) is 41.7 Å². The van der Waals surface area contributed by atoms with Gasteiger partial charge in [0.15, 0.2) is 6.61 Å². The third kappa shape index (κ3) is 4.61. The largest absolute Gasteiger partial charge is 0.482 e. The fourth-order valence-electron chi connectivity index (χ4n) is 1.91. The van der Waals surface area contributed by atoms with Crippen molar-refractivity contribution < 1.29 is 26.3 Å². The predicted molar refractivity (Wildman–Crippen MR) is 82.6 cm³/mol. The van der Waals surface area contributed by atoms with Crippen LogP contribution in [0.25, 0.3) is 0 Å². The van der Waals surface area contributed by atoms with Crippen LogP contribution in [0.5, 0.6) is 5.75 Å². The Balaban J connectivity index is 2.28. The number of rotatable bonds is 5. The summed E-state index contributed by atoms with van der Waals surface area (Å²) in [4.78, 5) is 1.53. The van der Waals surface area contributed by atoms with Gasteiger partial charge in [-0.25, -0.2) is 8.42 Å². The van der Waals surface area contributed by atoms with Crippen molar-refractivity contribution in [2.24, 2.45) is 0 Å². The lowest BCUT2D eigenvalue weighted by molar-refractivity contribution is -0.153. The van der Waals surface area contributed by atoms with Crippen LogP contribution in [0.2, 0.25) is 0 Å². The van der Waals surface area contributed by atoms with E-state index < -0.39 is 22.8 Å². The molecule has 0 bridgehead atoms. The molecule has 0 atom stereocenters. The molecule has 0 radical (unpaired) electrons. The summed E-state index contributed by atoms with van der Waals surface area (Å²) in [5.41, 5.74) is -0.0417. The number of halogens is 3. The third-order valence-corrected chi connectivity index (χ3v) is 5.39. The molecule has 0 aliphatic heterocycles. The van der Waals surface area contributed by atoms with Gasteiger partial charge in [0.05, 0.1) is 5.69 Å².